The van der Waals surface area contributed by atoms with Gasteiger partial charge in [-0.1, -0.05) is 0 Å². The highest BCUT2D eigenvalue weighted by molar-refractivity contribution is 4.61. The molecule has 1 rings (SSSR count). The average Bonchev–Trinajstić information content (AvgIpc) is 1.23. The lowest BCUT2D eigenvalue weighted by Gasteiger charge is -2.31. The molecule has 1 aliphatic heterocycles. The quantitative estimate of drug-likeness (QED) is 0.544. The molecule has 1 fully saturated rings. The molecule has 1 heterocycles. The van der Waals surface area contributed by atoms with Gasteiger partial charge in [-0.05, 0) is 14.1 Å². The molecule has 3 heteroatoms. The summed E-state index contributed by atoms with van der Waals surface area (Å²) in [5, 5.41) is 0. The van der Waals surface area contributed by atoms with E-state index in [1.807, 2.05) is 14.1 Å². The smallest absolute Gasteiger partial charge is 0.112 e. The van der Waals surface area contributed by atoms with Crippen LogP contribution in [0.3, 0.4) is 0 Å². The molecule has 8 heavy (non-hydrogen) atoms. The minimum atomic E-state index is 0. The van der Waals surface area contributed by atoms with Gasteiger partial charge < -0.3 is 10.9 Å². The first kappa shape index (κ1) is 7.88. The lowest BCUT2D eigenvalue weighted by Crippen LogP contribution is -2.39. The fourth-order valence-corrected chi connectivity index (χ4v) is 0.631. The molecule has 0 radical (unpaired) electrons. The molecule has 50 valence electrons. The first-order chi connectivity index (χ1) is 3.30. The second kappa shape index (κ2) is 3.02. The van der Waals surface area contributed by atoms with Gasteiger partial charge in [-0.25, -0.2) is 0 Å². The summed E-state index contributed by atoms with van der Waals surface area (Å²) in [5.41, 5.74) is 0. The molecule has 3 N–H and O–H groups in total. The second-order valence-electron chi connectivity index (χ2n) is 2.08. The Morgan fingerprint density at radius 2 is 2.00 bits per heavy atom. The van der Waals surface area contributed by atoms with Crippen molar-refractivity contribution in [2.45, 2.75) is 12.6 Å². The molecule has 1 aliphatic rings. The van der Waals surface area contributed by atoms with E-state index in [0.29, 0.717) is 6.23 Å². The maximum atomic E-state index is 5.12. The largest absolute Gasteiger partial charge is 0.363 e. The van der Waals surface area contributed by atoms with E-state index >= 15 is 0 Å². The zero-order valence-electron chi connectivity index (χ0n) is 5.55. The van der Waals surface area contributed by atoms with Crippen molar-refractivity contribution in [1.82, 2.24) is 11.1 Å². The zero-order valence-corrected chi connectivity index (χ0v) is 5.55. The fraction of sp³-hybridized carbons (Fsp3) is 1.00. The Balaban J connectivity index is 0.000000490. The Bertz CT molecular complexity index is 61.4. The molecule has 3 nitrogen and oxygen atoms in total. The van der Waals surface area contributed by atoms with Crippen LogP contribution in [0.2, 0.25) is 0 Å². The van der Waals surface area contributed by atoms with Crippen molar-refractivity contribution < 1.29 is 4.74 Å². The molecule has 0 aromatic rings. The highest BCUT2D eigenvalue weighted by Gasteiger charge is 2.18. The third kappa shape index (κ3) is 1.43. The first-order valence-corrected chi connectivity index (χ1v) is 2.59. The number of hydrogen-bond acceptors (Lipinski definition) is 3. The van der Waals surface area contributed by atoms with Gasteiger partial charge in [-0.2, -0.15) is 0 Å². The fourth-order valence-electron chi connectivity index (χ4n) is 0.631. The predicted molar refractivity (Wildman–Crippen MR) is 33.1 cm³/mol. The molecule has 1 unspecified atom stereocenters. The van der Waals surface area contributed by atoms with Gasteiger partial charge in [0.15, 0.2) is 0 Å². The van der Waals surface area contributed by atoms with Crippen molar-refractivity contribution in [2.75, 3.05) is 20.7 Å². The van der Waals surface area contributed by atoms with Crippen LogP contribution in [0.1, 0.15) is 6.42 Å². The molecule has 0 aromatic heterocycles. The van der Waals surface area contributed by atoms with E-state index < -0.39 is 0 Å². The topological polar surface area (TPSA) is 47.5 Å². The standard InChI is InChI=1S/C5H11NO.H3N/c1-6(2)5-3-4-7-5;/h5H,3-4H2,1-2H3;1H3. The summed E-state index contributed by atoms with van der Waals surface area (Å²) < 4.78 is 5.12. The van der Waals surface area contributed by atoms with Crippen molar-refractivity contribution in [2.24, 2.45) is 0 Å². The third-order valence-corrected chi connectivity index (χ3v) is 1.25. The molecule has 0 saturated carbocycles. The van der Waals surface area contributed by atoms with Crippen LogP contribution in [-0.4, -0.2) is 31.8 Å². The van der Waals surface area contributed by atoms with Crippen LogP contribution >= 0.6 is 0 Å². The van der Waals surface area contributed by atoms with Crippen LogP contribution in [0.4, 0.5) is 0 Å². The summed E-state index contributed by atoms with van der Waals surface area (Å²) >= 11 is 0. The Morgan fingerprint density at radius 3 is 2.00 bits per heavy atom. The molecular weight excluding hydrogens is 104 g/mol. The predicted octanol–water partition coefficient (Wildman–Crippen LogP) is 0.456. The molecular formula is C5H14N2O. The van der Waals surface area contributed by atoms with E-state index in [9.17, 15) is 0 Å². The van der Waals surface area contributed by atoms with E-state index in [4.69, 9.17) is 4.74 Å². The first-order valence-electron chi connectivity index (χ1n) is 2.59. The van der Waals surface area contributed by atoms with Gasteiger partial charge in [-0.3, -0.25) is 4.90 Å². The summed E-state index contributed by atoms with van der Waals surface area (Å²) in [5.74, 6) is 0. The Labute approximate surface area is 50.2 Å². The highest BCUT2D eigenvalue weighted by Crippen LogP contribution is 2.11. The van der Waals surface area contributed by atoms with Crippen molar-refractivity contribution in [3.05, 3.63) is 0 Å². The Kier molecular flexibility index (Phi) is 2.97. The zero-order chi connectivity index (χ0) is 5.28. The van der Waals surface area contributed by atoms with Crippen molar-refractivity contribution in [3.63, 3.8) is 0 Å². The summed E-state index contributed by atoms with van der Waals surface area (Å²) in [6.07, 6.45) is 1.62. The van der Waals surface area contributed by atoms with E-state index in [1.165, 1.54) is 6.42 Å². The van der Waals surface area contributed by atoms with Crippen LogP contribution < -0.4 is 6.15 Å². The summed E-state index contributed by atoms with van der Waals surface area (Å²) in [4.78, 5) is 2.09. The van der Waals surface area contributed by atoms with E-state index in [0.717, 1.165) is 6.61 Å². The van der Waals surface area contributed by atoms with Gasteiger partial charge in [0.1, 0.15) is 6.23 Å². The van der Waals surface area contributed by atoms with Gasteiger partial charge in [0.25, 0.3) is 0 Å². The summed E-state index contributed by atoms with van der Waals surface area (Å²) in [6.45, 7) is 0.947. The second-order valence-corrected chi connectivity index (χ2v) is 2.08. The Morgan fingerprint density at radius 1 is 1.50 bits per heavy atom. The molecule has 0 bridgehead atoms. The Hall–Kier alpha value is -0.120. The molecule has 1 saturated heterocycles. The van der Waals surface area contributed by atoms with Gasteiger partial charge in [0.2, 0.25) is 0 Å². The molecule has 0 aromatic carbocycles. The minimum absolute atomic E-state index is 0. The minimum Gasteiger partial charge on any atom is -0.363 e. The van der Waals surface area contributed by atoms with Crippen molar-refractivity contribution >= 4 is 0 Å². The molecule has 0 spiro atoms. The van der Waals surface area contributed by atoms with Gasteiger partial charge in [0.05, 0.1) is 6.61 Å². The lowest BCUT2D eigenvalue weighted by atomic mass is 10.3. The van der Waals surface area contributed by atoms with Crippen LogP contribution in [0.25, 0.3) is 0 Å². The summed E-state index contributed by atoms with van der Waals surface area (Å²) in [7, 11) is 4.06. The van der Waals surface area contributed by atoms with Gasteiger partial charge >= 0.3 is 0 Å². The van der Waals surface area contributed by atoms with Crippen LogP contribution in [0.5, 0.6) is 0 Å². The van der Waals surface area contributed by atoms with Gasteiger partial charge in [0, 0.05) is 6.42 Å². The number of hydrogen-bond donors (Lipinski definition) is 1. The molecule has 0 aliphatic carbocycles. The number of rotatable bonds is 1. The SMILES string of the molecule is CN(C)C1CCO1.N. The maximum Gasteiger partial charge on any atom is 0.112 e. The third-order valence-electron chi connectivity index (χ3n) is 1.25. The molecule has 0 amide bonds. The van der Waals surface area contributed by atoms with Crippen molar-refractivity contribution in [1.29, 1.82) is 0 Å². The molecule has 1 atom stereocenters. The lowest BCUT2D eigenvalue weighted by molar-refractivity contribution is -0.126. The van der Waals surface area contributed by atoms with Crippen LogP contribution in [0, 0.1) is 0 Å². The van der Waals surface area contributed by atoms with E-state index in [-0.39, 0.29) is 6.15 Å². The van der Waals surface area contributed by atoms with Crippen LogP contribution in [-0.2, 0) is 4.74 Å². The summed E-state index contributed by atoms with van der Waals surface area (Å²) in [6, 6.07) is 0. The number of ether oxygens (including phenoxy) is 1. The van der Waals surface area contributed by atoms with E-state index in [1.54, 1.807) is 0 Å². The normalized spacial score (nSPS) is 26.6. The van der Waals surface area contributed by atoms with Crippen LogP contribution in [0.15, 0.2) is 0 Å². The monoisotopic (exact) mass is 118 g/mol. The van der Waals surface area contributed by atoms with Crippen molar-refractivity contribution in [3.8, 4) is 0 Å². The van der Waals surface area contributed by atoms with Gasteiger partial charge in [-0.15, -0.1) is 0 Å². The average molecular weight is 118 g/mol. The highest BCUT2D eigenvalue weighted by atomic mass is 16.5. The number of nitrogens with zero attached hydrogens (tertiary/aromatic N) is 1. The maximum absolute atomic E-state index is 5.12. The van der Waals surface area contributed by atoms with E-state index in [2.05, 4.69) is 4.90 Å².